The first kappa shape index (κ1) is 12.8. The summed E-state index contributed by atoms with van der Waals surface area (Å²) in [4.78, 5) is 11.4. The number of nitrogens with one attached hydrogen (secondary N) is 1. The van der Waals surface area contributed by atoms with Crippen LogP contribution in [0, 0.1) is 11.3 Å². The van der Waals surface area contributed by atoms with Gasteiger partial charge in [0, 0.05) is 18.9 Å². The van der Waals surface area contributed by atoms with Gasteiger partial charge in [0.05, 0.1) is 26.0 Å². The van der Waals surface area contributed by atoms with E-state index in [0.717, 1.165) is 0 Å². The zero-order valence-electron chi connectivity index (χ0n) is 9.82. The Bertz CT molecular complexity index is 438. The van der Waals surface area contributed by atoms with Crippen LogP contribution in [0.2, 0.25) is 0 Å². The number of carbonyl (C=O) groups excluding carboxylic acids is 1. The van der Waals surface area contributed by atoms with Crippen LogP contribution in [-0.4, -0.2) is 20.1 Å². The van der Waals surface area contributed by atoms with Gasteiger partial charge in [0.2, 0.25) is 5.91 Å². The minimum atomic E-state index is -0.213. The van der Waals surface area contributed by atoms with E-state index in [4.69, 9.17) is 14.7 Å². The summed E-state index contributed by atoms with van der Waals surface area (Å²) in [7, 11) is 3.07. The van der Waals surface area contributed by atoms with E-state index < -0.39 is 0 Å². The van der Waals surface area contributed by atoms with Gasteiger partial charge in [-0.2, -0.15) is 5.26 Å². The number of hydrogen-bond acceptors (Lipinski definition) is 4. The van der Waals surface area contributed by atoms with Crippen LogP contribution < -0.4 is 14.8 Å². The Balaban J connectivity index is 2.77. The van der Waals surface area contributed by atoms with Crippen LogP contribution in [0.25, 0.3) is 0 Å². The van der Waals surface area contributed by atoms with E-state index in [9.17, 15) is 4.79 Å². The van der Waals surface area contributed by atoms with Crippen molar-refractivity contribution in [1.29, 1.82) is 5.26 Å². The largest absolute Gasteiger partial charge is 0.497 e. The summed E-state index contributed by atoms with van der Waals surface area (Å²) in [6, 6.07) is 7.02. The molecule has 0 atom stereocenters. The van der Waals surface area contributed by atoms with Crippen LogP contribution in [-0.2, 0) is 4.79 Å². The van der Waals surface area contributed by atoms with Crippen molar-refractivity contribution < 1.29 is 14.3 Å². The summed E-state index contributed by atoms with van der Waals surface area (Å²) in [5.41, 5.74) is 0.566. The van der Waals surface area contributed by atoms with Crippen molar-refractivity contribution in [3.8, 4) is 17.6 Å². The van der Waals surface area contributed by atoms with E-state index in [1.54, 1.807) is 25.3 Å². The van der Waals surface area contributed by atoms with Gasteiger partial charge in [-0.3, -0.25) is 4.79 Å². The fraction of sp³-hybridized carbons (Fsp3) is 0.333. The number of rotatable bonds is 5. The number of hydrogen-bond donors (Lipinski definition) is 1. The maximum Gasteiger partial charge on any atom is 0.225 e. The Morgan fingerprint density at radius 2 is 2.18 bits per heavy atom. The van der Waals surface area contributed by atoms with Crippen LogP contribution >= 0.6 is 0 Å². The van der Waals surface area contributed by atoms with Crippen molar-refractivity contribution in [2.75, 3.05) is 19.5 Å². The zero-order valence-corrected chi connectivity index (χ0v) is 9.82. The highest BCUT2D eigenvalue weighted by atomic mass is 16.5. The molecule has 0 aliphatic carbocycles. The normalized spacial score (nSPS) is 9.24. The Kier molecular flexibility index (Phi) is 4.82. The van der Waals surface area contributed by atoms with Crippen LogP contribution in [0.15, 0.2) is 18.2 Å². The first-order valence-electron chi connectivity index (χ1n) is 5.10. The summed E-state index contributed by atoms with van der Waals surface area (Å²) >= 11 is 0. The standard InChI is InChI=1S/C12H14N2O3/c1-16-9-5-6-10(11(8-9)17-2)14-12(15)4-3-7-13/h5-6,8H,3-4H2,1-2H3,(H,14,15). The molecule has 0 unspecified atom stereocenters. The summed E-state index contributed by atoms with van der Waals surface area (Å²) in [5, 5.41) is 11.1. The highest BCUT2D eigenvalue weighted by Gasteiger charge is 2.08. The second kappa shape index (κ2) is 6.38. The quantitative estimate of drug-likeness (QED) is 0.845. The summed E-state index contributed by atoms with van der Waals surface area (Å²) < 4.78 is 10.2. The van der Waals surface area contributed by atoms with Gasteiger partial charge in [-0.1, -0.05) is 0 Å². The van der Waals surface area contributed by atoms with Crippen LogP contribution in [0.1, 0.15) is 12.8 Å². The van der Waals surface area contributed by atoms with E-state index in [2.05, 4.69) is 5.32 Å². The van der Waals surface area contributed by atoms with E-state index >= 15 is 0 Å². The summed E-state index contributed by atoms with van der Waals surface area (Å²) in [5.74, 6) is 0.960. The molecule has 0 fully saturated rings. The lowest BCUT2D eigenvalue weighted by Gasteiger charge is -2.11. The molecule has 0 aliphatic rings. The average molecular weight is 234 g/mol. The third kappa shape index (κ3) is 3.68. The number of benzene rings is 1. The van der Waals surface area contributed by atoms with Crippen LogP contribution in [0.4, 0.5) is 5.69 Å². The molecule has 0 radical (unpaired) electrons. The molecular formula is C12H14N2O3. The molecule has 5 nitrogen and oxygen atoms in total. The van der Waals surface area contributed by atoms with Gasteiger partial charge in [-0.05, 0) is 12.1 Å². The second-order valence-electron chi connectivity index (χ2n) is 3.27. The van der Waals surface area contributed by atoms with Crippen molar-refractivity contribution in [1.82, 2.24) is 0 Å². The number of carbonyl (C=O) groups is 1. The van der Waals surface area contributed by atoms with Crippen molar-refractivity contribution in [3.05, 3.63) is 18.2 Å². The third-order valence-electron chi connectivity index (χ3n) is 2.15. The number of amides is 1. The third-order valence-corrected chi connectivity index (χ3v) is 2.15. The van der Waals surface area contributed by atoms with E-state index in [1.807, 2.05) is 6.07 Å². The average Bonchev–Trinajstić information content (AvgIpc) is 2.36. The predicted molar refractivity (Wildman–Crippen MR) is 63.0 cm³/mol. The number of nitrogens with zero attached hydrogens (tertiary/aromatic N) is 1. The van der Waals surface area contributed by atoms with E-state index in [1.165, 1.54) is 7.11 Å². The SMILES string of the molecule is COc1ccc(NC(=O)CCC#N)c(OC)c1. The molecule has 5 heteroatoms. The van der Waals surface area contributed by atoms with Gasteiger partial charge in [0.1, 0.15) is 11.5 Å². The molecule has 0 heterocycles. The zero-order chi connectivity index (χ0) is 12.7. The fourth-order valence-corrected chi connectivity index (χ4v) is 1.28. The molecule has 1 N–H and O–H groups in total. The maximum atomic E-state index is 11.4. The second-order valence-corrected chi connectivity index (χ2v) is 3.27. The van der Waals surface area contributed by atoms with Crippen LogP contribution in [0.5, 0.6) is 11.5 Å². The Labute approximate surface area is 100.0 Å². The monoisotopic (exact) mass is 234 g/mol. The van der Waals surface area contributed by atoms with Crippen molar-refractivity contribution >= 4 is 11.6 Å². The van der Waals surface area contributed by atoms with Gasteiger partial charge in [0.25, 0.3) is 0 Å². The highest BCUT2D eigenvalue weighted by molar-refractivity contribution is 5.92. The van der Waals surface area contributed by atoms with Crippen LogP contribution in [0.3, 0.4) is 0 Å². The van der Waals surface area contributed by atoms with Gasteiger partial charge in [-0.15, -0.1) is 0 Å². The Hall–Kier alpha value is -2.22. The molecule has 0 spiro atoms. The van der Waals surface area contributed by atoms with Gasteiger partial charge >= 0.3 is 0 Å². The topological polar surface area (TPSA) is 71.3 Å². The van der Waals surface area contributed by atoms with Crippen molar-refractivity contribution in [2.45, 2.75) is 12.8 Å². The smallest absolute Gasteiger partial charge is 0.225 e. The number of nitriles is 1. The Morgan fingerprint density at radius 1 is 1.41 bits per heavy atom. The molecule has 0 bridgehead atoms. The van der Waals surface area contributed by atoms with Crippen molar-refractivity contribution in [3.63, 3.8) is 0 Å². The molecule has 0 saturated carbocycles. The lowest BCUT2D eigenvalue weighted by atomic mass is 10.2. The molecule has 90 valence electrons. The molecule has 17 heavy (non-hydrogen) atoms. The van der Waals surface area contributed by atoms with E-state index in [-0.39, 0.29) is 18.7 Å². The molecule has 1 aromatic carbocycles. The lowest BCUT2D eigenvalue weighted by Crippen LogP contribution is -2.11. The van der Waals surface area contributed by atoms with Gasteiger partial charge < -0.3 is 14.8 Å². The highest BCUT2D eigenvalue weighted by Crippen LogP contribution is 2.29. The van der Waals surface area contributed by atoms with Gasteiger partial charge in [-0.25, -0.2) is 0 Å². The fourth-order valence-electron chi connectivity index (χ4n) is 1.28. The first-order chi connectivity index (χ1) is 8.21. The summed E-state index contributed by atoms with van der Waals surface area (Å²) in [6.45, 7) is 0. The molecule has 1 rings (SSSR count). The van der Waals surface area contributed by atoms with Gasteiger partial charge in [0.15, 0.2) is 0 Å². The predicted octanol–water partition coefficient (Wildman–Crippen LogP) is 1.95. The first-order valence-corrected chi connectivity index (χ1v) is 5.10. The molecule has 0 saturated heterocycles. The van der Waals surface area contributed by atoms with E-state index in [0.29, 0.717) is 17.2 Å². The molecule has 0 aromatic heterocycles. The molecule has 0 aliphatic heterocycles. The maximum absolute atomic E-state index is 11.4. The molecule has 1 aromatic rings. The number of anilines is 1. The minimum absolute atomic E-state index is 0.172. The minimum Gasteiger partial charge on any atom is -0.497 e. The Morgan fingerprint density at radius 3 is 2.76 bits per heavy atom. The molecular weight excluding hydrogens is 220 g/mol. The molecule has 1 amide bonds. The summed E-state index contributed by atoms with van der Waals surface area (Å²) in [6.07, 6.45) is 0.371. The van der Waals surface area contributed by atoms with Crippen molar-refractivity contribution in [2.24, 2.45) is 0 Å². The number of ether oxygens (including phenoxy) is 2. The number of methoxy groups -OCH3 is 2. The lowest BCUT2D eigenvalue weighted by molar-refractivity contribution is -0.116.